The Labute approximate surface area is 151 Å². The minimum absolute atomic E-state index is 0.0600. The van der Waals surface area contributed by atoms with Crippen molar-refractivity contribution in [2.75, 3.05) is 7.11 Å². The lowest BCUT2D eigenvalue weighted by Gasteiger charge is -2.18. The fourth-order valence-corrected chi connectivity index (χ4v) is 2.82. The Balaban J connectivity index is 2.36. The van der Waals surface area contributed by atoms with Crippen molar-refractivity contribution in [1.82, 2.24) is 0 Å². The number of hydrogen-bond acceptors (Lipinski definition) is 7. The van der Waals surface area contributed by atoms with Crippen LogP contribution in [-0.4, -0.2) is 52.5 Å². The molecule has 0 saturated heterocycles. The number of ether oxygens (including phenoxy) is 2. The minimum atomic E-state index is -1.50. The van der Waals surface area contributed by atoms with E-state index < -0.39 is 30.1 Å². The highest BCUT2D eigenvalue weighted by atomic mass is 16.5. The summed E-state index contributed by atoms with van der Waals surface area (Å²) in [5.41, 5.74) is 0.574. The SMILES string of the molecule is COc1cc(O)c2c(c1)CCC[C@@H](O)[C@H](O)C(=O)C=CC[C@H](C)OC2=O. The maximum atomic E-state index is 12.5. The fourth-order valence-electron chi connectivity index (χ4n) is 2.82. The van der Waals surface area contributed by atoms with Gasteiger partial charge in [0.15, 0.2) is 5.78 Å². The van der Waals surface area contributed by atoms with E-state index in [4.69, 9.17) is 9.47 Å². The van der Waals surface area contributed by atoms with Crippen molar-refractivity contribution < 1.29 is 34.4 Å². The highest BCUT2D eigenvalue weighted by molar-refractivity contribution is 5.95. The van der Waals surface area contributed by atoms with Crippen LogP contribution in [0, 0.1) is 0 Å². The number of phenolic OH excluding ortho intramolecular Hbond substituents is 1. The van der Waals surface area contributed by atoms with Crippen LogP contribution >= 0.6 is 0 Å². The molecule has 1 heterocycles. The fraction of sp³-hybridized carbons (Fsp3) is 0.474. The average molecular weight is 364 g/mol. The van der Waals surface area contributed by atoms with E-state index >= 15 is 0 Å². The first-order valence-electron chi connectivity index (χ1n) is 8.50. The predicted octanol–water partition coefficient (Wildman–Crippen LogP) is 1.52. The van der Waals surface area contributed by atoms with Crippen molar-refractivity contribution in [2.24, 2.45) is 0 Å². The van der Waals surface area contributed by atoms with Gasteiger partial charge in [0.1, 0.15) is 29.3 Å². The zero-order valence-electron chi connectivity index (χ0n) is 14.8. The highest BCUT2D eigenvalue weighted by Crippen LogP contribution is 2.30. The monoisotopic (exact) mass is 364 g/mol. The number of methoxy groups -OCH3 is 1. The summed E-state index contributed by atoms with van der Waals surface area (Å²) < 4.78 is 10.5. The van der Waals surface area contributed by atoms with Crippen LogP contribution in [0.2, 0.25) is 0 Å². The van der Waals surface area contributed by atoms with Crippen LogP contribution in [-0.2, 0) is 16.0 Å². The molecule has 0 amide bonds. The summed E-state index contributed by atoms with van der Waals surface area (Å²) in [6.07, 6.45) is 0.556. The Morgan fingerprint density at radius 2 is 1.96 bits per heavy atom. The van der Waals surface area contributed by atoms with Crippen LogP contribution < -0.4 is 4.74 Å². The molecular weight excluding hydrogens is 340 g/mol. The Hall–Kier alpha value is -2.38. The second-order valence-electron chi connectivity index (χ2n) is 6.34. The summed E-state index contributed by atoms with van der Waals surface area (Å²) in [4.78, 5) is 24.3. The number of aromatic hydroxyl groups is 1. The van der Waals surface area contributed by atoms with E-state index in [1.807, 2.05) is 0 Å². The van der Waals surface area contributed by atoms with E-state index in [0.717, 1.165) is 0 Å². The number of phenols is 1. The van der Waals surface area contributed by atoms with Gasteiger partial charge in [0.05, 0.1) is 13.2 Å². The Morgan fingerprint density at radius 3 is 2.65 bits per heavy atom. The summed E-state index contributed by atoms with van der Waals surface area (Å²) in [7, 11) is 1.45. The van der Waals surface area contributed by atoms with Gasteiger partial charge in [0, 0.05) is 12.5 Å². The number of aryl methyl sites for hydroxylation is 1. The first-order chi connectivity index (χ1) is 12.3. The number of carbonyl (C=O) groups excluding carboxylic acids is 2. The lowest BCUT2D eigenvalue weighted by molar-refractivity contribution is -0.128. The molecule has 0 spiro atoms. The quantitative estimate of drug-likeness (QED) is 0.648. The molecule has 0 aromatic heterocycles. The van der Waals surface area contributed by atoms with Crippen molar-refractivity contribution in [2.45, 2.75) is 50.9 Å². The number of ketones is 1. The van der Waals surface area contributed by atoms with Crippen LogP contribution in [0.4, 0.5) is 0 Å². The molecule has 1 aromatic rings. The maximum absolute atomic E-state index is 12.5. The van der Waals surface area contributed by atoms with Gasteiger partial charge in [-0.25, -0.2) is 4.79 Å². The van der Waals surface area contributed by atoms with E-state index in [9.17, 15) is 24.9 Å². The number of esters is 1. The summed E-state index contributed by atoms with van der Waals surface area (Å²) in [5.74, 6) is -1.10. The molecule has 3 atom stereocenters. The van der Waals surface area contributed by atoms with E-state index in [1.165, 1.54) is 25.3 Å². The summed E-state index contributed by atoms with van der Waals surface area (Å²) >= 11 is 0. The van der Waals surface area contributed by atoms with Crippen LogP contribution in [0.15, 0.2) is 24.3 Å². The minimum Gasteiger partial charge on any atom is -0.507 e. The third kappa shape index (κ3) is 4.83. The van der Waals surface area contributed by atoms with Crippen molar-refractivity contribution in [3.8, 4) is 11.5 Å². The van der Waals surface area contributed by atoms with Gasteiger partial charge >= 0.3 is 5.97 Å². The molecule has 3 N–H and O–H groups in total. The Bertz CT molecular complexity index is 695. The molecule has 0 saturated carbocycles. The van der Waals surface area contributed by atoms with Crippen molar-refractivity contribution in [3.63, 3.8) is 0 Å². The molecule has 0 unspecified atom stereocenters. The van der Waals surface area contributed by atoms with Gasteiger partial charge in [-0.1, -0.05) is 6.08 Å². The molecule has 26 heavy (non-hydrogen) atoms. The van der Waals surface area contributed by atoms with Gasteiger partial charge in [0.2, 0.25) is 0 Å². The normalized spacial score (nSPS) is 25.2. The number of fused-ring (bicyclic) bond motifs is 1. The van der Waals surface area contributed by atoms with E-state index in [1.54, 1.807) is 13.0 Å². The largest absolute Gasteiger partial charge is 0.507 e. The van der Waals surface area contributed by atoms with Gasteiger partial charge in [-0.2, -0.15) is 0 Å². The molecule has 0 fully saturated rings. The van der Waals surface area contributed by atoms with Crippen LogP contribution in [0.3, 0.4) is 0 Å². The van der Waals surface area contributed by atoms with Crippen LogP contribution in [0.1, 0.15) is 42.1 Å². The Morgan fingerprint density at radius 1 is 1.23 bits per heavy atom. The molecule has 7 heteroatoms. The average Bonchev–Trinajstić information content (AvgIpc) is 2.59. The molecule has 142 valence electrons. The molecule has 0 aliphatic carbocycles. The lowest BCUT2D eigenvalue weighted by Crippen LogP contribution is -2.33. The molecule has 2 rings (SSSR count). The molecule has 1 aliphatic heterocycles. The predicted molar refractivity (Wildman–Crippen MR) is 93.3 cm³/mol. The number of cyclic esters (lactones) is 1. The van der Waals surface area contributed by atoms with Crippen molar-refractivity contribution in [1.29, 1.82) is 0 Å². The zero-order chi connectivity index (χ0) is 19.3. The summed E-state index contributed by atoms with van der Waals surface area (Å²) in [5, 5.41) is 30.1. The van der Waals surface area contributed by atoms with E-state index in [-0.39, 0.29) is 24.2 Å². The number of rotatable bonds is 1. The third-order valence-corrected chi connectivity index (χ3v) is 4.27. The smallest absolute Gasteiger partial charge is 0.342 e. The second kappa shape index (κ2) is 8.82. The summed E-state index contributed by atoms with van der Waals surface area (Å²) in [6.45, 7) is 1.66. The molecule has 1 aliphatic rings. The molecule has 1 aromatic carbocycles. The summed E-state index contributed by atoms with van der Waals surface area (Å²) in [6, 6.07) is 2.96. The zero-order valence-corrected chi connectivity index (χ0v) is 14.8. The molecule has 7 nitrogen and oxygen atoms in total. The molecule has 0 radical (unpaired) electrons. The number of carbonyl (C=O) groups is 2. The highest BCUT2D eigenvalue weighted by Gasteiger charge is 2.25. The van der Waals surface area contributed by atoms with Crippen LogP contribution in [0.25, 0.3) is 0 Å². The van der Waals surface area contributed by atoms with Crippen molar-refractivity contribution in [3.05, 3.63) is 35.4 Å². The van der Waals surface area contributed by atoms with Gasteiger partial charge < -0.3 is 24.8 Å². The Kier molecular flexibility index (Phi) is 6.76. The van der Waals surface area contributed by atoms with Gasteiger partial charge in [0.25, 0.3) is 0 Å². The standard InChI is InChI=1S/C19H24O7/c1-11-5-3-7-14(20)18(23)15(21)8-4-6-12-9-13(25-2)10-16(22)17(12)19(24)26-11/h3,7,9-11,15,18,21-23H,4-6,8H2,1-2H3/t11-,15+,18+/m0/s1. The van der Waals surface area contributed by atoms with E-state index in [0.29, 0.717) is 24.2 Å². The first kappa shape index (κ1) is 19.9. The number of benzene rings is 1. The number of aliphatic hydroxyl groups is 2. The number of hydrogen-bond donors (Lipinski definition) is 3. The van der Waals surface area contributed by atoms with E-state index in [2.05, 4.69) is 0 Å². The third-order valence-electron chi connectivity index (χ3n) is 4.27. The van der Waals surface area contributed by atoms with Gasteiger partial charge in [-0.15, -0.1) is 0 Å². The van der Waals surface area contributed by atoms with Gasteiger partial charge in [-0.3, -0.25) is 4.79 Å². The number of aliphatic hydroxyl groups excluding tert-OH is 2. The topological polar surface area (TPSA) is 113 Å². The first-order valence-corrected chi connectivity index (χ1v) is 8.50. The molecule has 0 bridgehead atoms. The van der Waals surface area contributed by atoms with Crippen LogP contribution in [0.5, 0.6) is 11.5 Å². The lowest BCUT2D eigenvalue weighted by atomic mass is 9.97. The molecular formula is C19H24O7. The van der Waals surface area contributed by atoms with Crippen molar-refractivity contribution >= 4 is 11.8 Å². The second-order valence-corrected chi connectivity index (χ2v) is 6.34. The van der Waals surface area contributed by atoms with Gasteiger partial charge in [-0.05, 0) is 43.9 Å². The maximum Gasteiger partial charge on any atom is 0.342 e.